The predicted molar refractivity (Wildman–Crippen MR) is 76.3 cm³/mol. The molecule has 4 heteroatoms. The SMILES string of the molecule is Cc1cnc(CNC2Cc3ccc(Cl)cc3C2)s1. The molecule has 1 unspecified atom stereocenters. The van der Waals surface area contributed by atoms with E-state index in [-0.39, 0.29) is 0 Å². The lowest BCUT2D eigenvalue weighted by molar-refractivity contribution is 0.532. The Morgan fingerprint density at radius 2 is 2.22 bits per heavy atom. The number of nitrogens with zero attached hydrogens (tertiary/aromatic N) is 1. The van der Waals surface area contributed by atoms with Gasteiger partial charge in [0.2, 0.25) is 0 Å². The van der Waals surface area contributed by atoms with E-state index in [0.717, 1.165) is 24.4 Å². The fraction of sp³-hybridized carbons (Fsp3) is 0.357. The highest BCUT2D eigenvalue weighted by molar-refractivity contribution is 7.11. The molecule has 1 aliphatic rings. The molecule has 0 saturated heterocycles. The van der Waals surface area contributed by atoms with Gasteiger partial charge in [0.05, 0.1) is 0 Å². The second-order valence-electron chi connectivity index (χ2n) is 4.76. The highest BCUT2D eigenvalue weighted by Gasteiger charge is 2.21. The van der Waals surface area contributed by atoms with Crippen LogP contribution >= 0.6 is 22.9 Å². The molecule has 2 aromatic rings. The minimum atomic E-state index is 0.516. The molecular formula is C14H15ClN2S. The first-order chi connectivity index (χ1) is 8.70. The van der Waals surface area contributed by atoms with Crippen molar-refractivity contribution in [3.63, 3.8) is 0 Å². The molecule has 1 heterocycles. The molecule has 0 bridgehead atoms. The number of nitrogens with one attached hydrogen (secondary N) is 1. The van der Waals surface area contributed by atoms with Crippen LogP contribution in [0.3, 0.4) is 0 Å². The first kappa shape index (κ1) is 12.2. The molecule has 0 spiro atoms. The van der Waals surface area contributed by atoms with E-state index in [4.69, 9.17) is 11.6 Å². The molecule has 1 N–H and O–H groups in total. The number of fused-ring (bicyclic) bond motifs is 1. The number of aromatic nitrogens is 1. The van der Waals surface area contributed by atoms with E-state index in [1.54, 1.807) is 11.3 Å². The lowest BCUT2D eigenvalue weighted by Gasteiger charge is -2.09. The molecule has 1 aliphatic carbocycles. The van der Waals surface area contributed by atoms with Crippen LogP contribution in [0.15, 0.2) is 24.4 Å². The Labute approximate surface area is 116 Å². The van der Waals surface area contributed by atoms with Crippen LogP contribution in [0.25, 0.3) is 0 Å². The minimum Gasteiger partial charge on any atom is -0.307 e. The first-order valence-electron chi connectivity index (χ1n) is 6.13. The van der Waals surface area contributed by atoms with Crippen LogP contribution in [0.1, 0.15) is 21.0 Å². The van der Waals surface area contributed by atoms with E-state index in [1.165, 1.54) is 21.0 Å². The number of halogens is 1. The first-order valence-corrected chi connectivity index (χ1v) is 7.32. The van der Waals surface area contributed by atoms with Crippen LogP contribution in [0.2, 0.25) is 5.02 Å². The maximum atomic E-state index is 6.02. The van der Waals surface area contributed by atoms with Crippen molar-refractivity contribution < 1.29 is 0 Å². The summed E-state index contributed by atoms with van der Waals surface area (Å²) >= 11 is 7.78. The maximum Gasteiger partial charge on any atom is 0.107 e. The number of hydrogen-bond acceptors (Lipinski definition) is 3. The molecule has 1 aromatic heterocycles. The summed E-state index contributed by atoms with van der Waals surface area (Å²) in [6.07, 6.45) is 4.10. The fourth-order valence-corrected chi connectivity index (χ4v) is 3.38. The van der Waals surface area contributed by atoms with Crippen LogP contribution in [0, 0.1) is 6.92 Å². The molecule has 0 saturated carbocycles. The van der Waals surface area contributed by atoms with Crippen molar-refractivity contribution >= 4 is 22.9 Å². The van der Waals surface area contributed by atoms with Gasteiger partial charge in [0.1, 0.15) is 5.01 Å². The van der Waals surface area contributed by atoms with Crippen molar-refractivity contribution in [1.29, 1.82) is 0 Å². The number of thiazole rings is 1. The largest absolute Gasteiger partial charge is 0.307 e. The van der Waals surface area contributed by atoms with E-state index in [2.05, 4.69) is 29.4 Å². The predicted octanol–water partition coefficient (Wildman–Crippen LogP) is 3.36. The number of benzene rings is 1. The zero-order valence-corrected chi connectivity index (χ0v) is 11.8. The number of hydrogen-bond donors (Lipinski definition) is 1. The Bertz CT molecular complexity index is 565. The van der Waals surface area contributed by atoms with Crippen molar-refractivity contribution in [2.75, 3.05) is 0 Å². The summed E-state index contributed by atoms with van der Waals surface area (Å²) in [6, 6.07) is 6.73. The molecule has 0 fully saturated rings. The van der Waals surface area contributed by atoms with E-state index in [1.807, 2.05) is 12.3 Å². The molecule has 2 nitrogen and oxygen atoms in total. The highest BCUT2D eigenvalue weighted by atomic mass is 35.5. The fourth-order valence-electron chi connectivity index (χ4n) is 2.45. The van der Waals surface area contributed by atoms with Gasteiger partial charge in [0, 0.05) is 28.7 Å². The molecule has 18 heavy (non-hydrogen) atoms. The number of rotatable bonds is 3. The Morgan fingerprint density at radius 1 is 1.39 bits per heavy atom. The van der Waals surface area contributed by atoms with Gasteiger partial charge in [-0.2, -0.15) is 0 Å². The van der Waals surface area contributed by atoms with Gasteiger partial charge in [0.15, 0.2) is 0 Å². The van der Waals surface area contributed by atoms with Gasteiger partial charge in [-0.15, -0.1) is 11.3 Å². The second kappa shape index (κ2) is 5.00. The monoisotopic (exact) mass is 278 g/mol. The Morgan fingerprint density at radius 3 is 3.00 bits per heavy atom. The summed E-state index contributed by atoms with van der Waals surface area (Å²) in [6.45, 7) is 2.96. The van der Waals surface area contributed by atoms with Gasteiger partial charge < -0.3 is 5.32 Å². The average Bonchev–Trinajstić information content (AvgIpc) is 2.92. The molecular weight excluding hydrogens is 264 g/mol. The van der Waals surface area contributed by atoms with Crippen LogP contribution in [-0.4, -0.2) is 11.0 Å². The van der Waals surface area contributed by atoms with Gasteiger partial charge in [-0.25, -0.2) is 4.98 Å². The maximum absolute atomic E-state index is 6.02. The van der Waals surface area contributed by atoms with Gasteiger partial charge in [0.25, 0.3) is 0 Å². The molecule has 0 radical (unpaired) electrons. The van der Waals surface area contributed by atoms with Crippen LogP contribution in [-0.2, 0) is 19.4 Å². The molecule has 1 atom stereocenters. The summed E-state index contributed by atoms with van der Waals surface area (Å²) in [5.41, 5.74) is 2.81. The second-order valence-corrected chi connectivity index (χ2v) is 6.52. The smallest absolute Gasteiger partial charge is 0.107 e. The lowest BCUT2D eigenvalue weighted by atomic mass is 10.1. The van der Waals surface area contributed by atoms with E-state index in [9.17, 15) is 0 Å². The van der Waals surface area contributed by atoms with Crippen molar-refractivity contribution in [1.82, 2.24) is 10.3 Å². The van der Waals surface area contributed by atoms with Crippen LogP contribution in [0.4, 0.5) is 0 Å². The summed E-state index contributed by atoms with van der Waals surface area (Å²) < 4.78 is 0. The molecule has 1 aromatic carbocycles. The van der Waals surface area contributed by atoms with Gasteiger partial charge >= 0.3 is 0 Å². The molecule has 3 rings (SSSR count). The van der Waals surface area contributed by atoms with Crippen LogP contribution < -0.4 is 5.32 Å². The summed E-state index contributed by atoms with van der Waals surface area (Å²) in [7, 11) is 0. The molecule has 0 amide bonds. The lowest BCUT2D eigenvalue weighted by Crippen LogP contribution is -2.28. The summed E-state index contributed by atoms with van der Waals surface area (Å²) in [4.78, 5) is 5.65. The summed E-state index contributed by atoms with van der Waals surface area (Å²) in [5, 5.41) is 5.59. The summed E-state index contributed by atoms with van der Waals surface area (Å²) in [5.74, 6) is 0. The Kier molecular flexibility index (Phi) is 3.37. The third-order valence-corrected chi connectivity index (χ3v) is 4.46. The molecule has 0 aliphatic heterocycles. The van der Waals surface area contributed by atoms with Gasteiger partial charge in [-0.3, -0.25) is 0 Å². The van der Waals surface area contributed by atoms with Gasteiger partial charge in [-0.1, -0.05) is 17.7 Å². The Balaban J connectivity index is 1.61. The number of aryl methyl sites for hydroxylation is 1. The minimum absolute atomic E-state index is 0.516. The standard InChI is InChI=1S/C14H15ClN2S/c1-9-7-17-14(18-9)8-16-13-5-10-2-3-12(15)4-11(10)6-13/h2-4,7,13,16H,5-6,8H2,1H3. The van der Waals surface area contributed by atoms with E-state index >= 15 is 0 Å². The molecule has 94 valence electrons. The average molecular weight is 279 g/mol. The third-order valence-electron chi connectivity index (χ3n) is 3.31. The third kappa shape index (κ3) is 2.58. The van der Waals surface area contributed by atoms with E-state index in [0.29, 0.717) is 6.04 Å². The van der Waals surface area contributed by atoms with Crippen molar-refractivity contribution in [3.8, 4) is 0 Å². The van der Waals surface area contributed by atoms with Crippen molar-refractivity contribution in [2.24, 2.45) is 0 Å². The van der Waals surface area contributed by atoms with Crippen molar-refractivity contribution in [2.45, 2.75) is 32.4 Å². The zero-order chi connectivity index (χ0) is 12.5. The quantitative estimate of drug-likeness (QED) is 0.931. The van der Waals surface area contributed by atoms with Crippen molar-refractivity contribution in [3.05, 3.63) is 50.4 Å². The topological polar surface area (TPSA) is 24.9 Å². The normalized spacial score (nSPS) is 18.0. The van der Waals surface area contributed by atoms with E-state index < -0.39 is 0 Å². The Hall–Kier alpha value is -0.900. The van der Waals surface area contributed by atoms with Crippen LogP contribution in [0.5, 0.6) is 0 Å². The zero-order valence-electron chi connectivity index (χ0n) is 10.2. The van der Waals surface area contributed by atoms with Gasteiger partial charge in [-0.05, 0) is 43.0 Å². The highest BCUT2D eigenvalue weighted by Crippen LogP contribution is 2.25.